The molecule has 9 heteroatoms. The third-order valence-electron chi connectivity index (χ3n) is 4.36. The number of anilines is 1. The van der Waals surface area contributed by atoms with Crippen molar-refractivity contribution in [1.82, 2.24) is 19.9 Å². The van der Waals surface area contributed by atoms with Gasteiger partial charge < -0.3 is 14.4 Å². The maximum Gasteiger partial charge on any atom is 0.320 e. The molecule has 3 rings (SSSR count). The van der Waals surface area contributed by atoms with Crippen molar-refractivity contribution in [1.29, 1.82) is 0 Å². The Morgan fingerprint density at radius 1 is 1.03 bits per heavy atom. The van der Waals surface area contributed by atoms with E-state index in [0.717, 1.165) is 15.8 Å². The number of benzene rings is 1. The molecular weight excluding hydrogens is 390 g/mol. The number of thiazole rings is 1. The van der Waals surface area contributed by atoms with Crippen LogP contribution in [0.2, 0.25) is 0 Å². The van der Waals surface area contributed by atoms with Crippen molar-refractivity contribution in [3.8, 4) is 11.9 Å². The monoisotopic (exact) mass is 415 g/mol. The van der Waals surface area contributed by atoms with Crippen molar-refractivity contribution in [2.45, 2.75) is 13.8 Å². The molecule has 0 atom stereocenters. The fourth-order valence-electron chi connectivity index (χ4n) is 2.91. The van der Waals surface area contributed by atoms with E-state index >= 15 is 0 Å². The van der Waals surface area contributed by atoms with Gasteiger partial charge in [0.1, 0.15) is 5.69 Å². The van der Waals surface area contributed by atoms with Crippen LogP contribution in [0.25, 0.3) is 10.2 Å². The van der Waals surface area contributed by atoms with Crippen molar-refractivity contribution in [3.05, 3.63) is 35.0 Å². The van der Waals surface area contributed by atoms with Gasteiger partial charge in [-0.1, -0.05) is 17.4 Å². The predicted octanol–water partition coefficient (Wildman–Crippen LogP) is 2.93. The summed E-state index contributed by atoms with van der Waals surface area (Å²) in [5.41, 5.74) is 3.37. The van der Waals surface area contributed by atoms with Gasteiger partial charge in [-0.25, -0.2) is 4.98 Å². The number of rotatable bonds is 7. The molecule has 0 spiro atoms. The number of methoxy groups -OCH3 is 2. The van der Waals surface area contributed by atoms with Crippen LogP contribution in [0.15, 0.2) is 18.2 Å². The van der Waals surface area contributed by atoms with E-state index in [9.17, 15) is 4.79 Å². The number of fused-ring (bicyclic) bond motifs is 1. The molecule has 3 aromatic rings. The molecule has 0 radical (unpaired) electrons. The van der Waals surface area contributed by atoms with Crippen LogP contribution in [0.3, 0.4) is 0 Å². The lowest BCUT2D eigenvalue weighted by atomic mass is 10.1. The summed E-state index contributed by atoms with van der Waals surface area (Å²) in [5.74, 6) is -0.0113. The first kappa shape index (κ1) is 20.9. The standard InChI is InChI=1S/C20H25N5O3S/c1-12-9-13(2)17-15(10-12)29-20(23-17)25(8-7-24(3)4)18(26)14-11-16(27-5)22-19(21-14)28-6/h9-11H,7-8H2,1-6H3. The number of amides is 1. The number of aryl methyl sites for hydroxylation is 2. The maximum atomic E-state index is 13.4. The molecule has 0 aliphatic carbocycles. The Kier molecular flexibility index (Phi) is 6.29. The Balaban J connectivity index is 2.06. The molecule has 2 aromatic heterocycles. The number of hydrogen-bond acceptors (Lipinski definition) is 8. The molecule has 0 aliphatic rings. The first-order chi connectivity index (χ1) is 13.8. The molecule has 154 valence electrons. The summed E-state index contributed by atoms with van der Waals surface area (Å²) < 4.78 is 11.4. The molecule has 0 aliphatic heterocycles. The second-order valence-electron chi connectivity index (χ2n) is 6.97. The van der Waals surface area contributed by atoms with Crippen molar-refractivity contribution >= 4 is 32.6 Å². The molecule has 0 saturated carbocycles. The minimum absolute atomic E-state index is 0.0797. The second kappa shape index (κ2) is 8.71. The summed E-state index contributed by atoms with van der Waals surface area (Å²) in [4.78, 5) is 30.1. The van der Waals surface area contributed by atoms with Gasteiger partial charge in [-0.05, 0) is 45.1 Å². The van der Waals surface area contributed by atoms with Crippen LogP contribution >= 0.6 is 11.3 Å². The largest absolute Gasteiger partial charge is 0.481 e. The van der Waals surface area contributed by atoms with Gasteiger partial charge in [0.15, 0.2) is 5.13 Å². The van der Waals surface area contributed by atoms with E-state index < -0.39 is 0 Å². The van der Waals surface area contributed by atoms with Gasteiger partial charge in [0.25, 0.3) is 5.91 Å². The molecule has 1 aromatic carbocycles. The van der Waals surface area contributed by atoms with Gasteiger partial charge in [0, 0.05) is 19.2 Å². The summed E-state index contributed by atoms with van der Waals surface area (Å²) in [6, 6.07) is 5.78. The van der Waals surface area contributed by atoms with Crippen LogP contribution in [-0.4, -0.2) is 67.2 Å². The van der Waals surface area contributed by atoms with Crippen LogP contribution in [0.5, 0.6) is 11.9 Å². The molecule has 0 unspecified atom stereocenters. The van der Waals surface area contributed by atoms with Gasteiger partial charge in [-0.3, -0.25) is 9.69 Å². The van der Waals surface area contributed by atoms with Gasteiger partial charge in [0.05, 0.1) is 24.4 Å². The minimum atomic E-state index is -0.278. The number of hydrogen-bond donors (Lipinski definition) is 0. The molecule has 8 nitrogen and oxygen atoms in total. The third-order valence-corrected chi connectivity index (χ3v) is 5.38. The smallest absolute Gasteiger partial charge is 0.320 e. The molecule has 0 fully saturated rings. The highest BCUT2D eigenvalue weighted by atomic mass is 32.1. The predicted molar refractivity (Wildman–Crippen MR) is 114 cm³/mol. The molecule has 1 amide bonds. The zero-order chi connectivity index (χ0) is 21.1. The highest BCUT2D eigenvalue weighted by molar-refractivity contribution is 7.22. The Morgan fingerprint density at radius 2 is 1.79 bits per heavy atom. The van der Waals surface area contributed by atoms with Gasteiger partial charge >= 0.3 is 6.01 Å². The summed E-state index contributed by atoms with van der Waals surface area (Å²) in [6.45, 7) is 5.24. The Morgan fingerprint density at radius 3 is 2.45 bits per heavy atom. The van der Waals surface area contributed by atoms with Crippen LogP contribution < -0.4 is 14.4 Å². The number of carbonyl (C=O) groups is 1. The molecule has 0 bridgehead atoms. The van der Waals surface area contributed by atoms with Crippen molar-refractivity contribution in [3.63, 3.8) is 0 Å². The molecular formula is C20H25N5O3S. The number of likely N-dealkylation sites (N-methyl/N-ethyl adjacent to an activating group) is 1. The fraction of sp³-hybridized carbons (Fsp3) is 0.400. The van der Waals surface area contributed by atoms with Crippen LogP contribution in [0.4, 0.5) is 5.13 Å². The SMILES string of the molecule is COc1cc(C(=O)N(CCN(C)C)c2nc3c(C)cc(C)cc3s2)nc(OC)n1. The Bertz CT molecular complexity index is 1010. The summed E-state index contributed by atoms with van der Waals surface area (Å²) >= 11 is 1.50. The van der Waals surface area contributed by atoms with E-state index in [1.165, 1.54) is 37.2 Å². The van der Waals surface area contributed by atoms with Gasteiger partial charge in [-0.15, -0.1) is 0 Å². The average molecular weight is 416 g/mol. The first-order valence-electron chi connectivity index (χ1n) is 9.13. The third kappa shape index (κ3) is 4.63. The van der Waals surface area contributed by atoms with Crippen molar-refractivity contribution in [2.75, 3.05) is 46.3 Å². The van der Waals surface area contributed by atoms with E-state index in [2.05, 4.69) is 29.0 Å². The zero-order valence-electron chi connectivity index (χ0n) is 17.5. The highest BCUT2D eigenvalue weighted by Gasteiger charge is 2.24. The number of ether oxygens (including phenoxy) is 2. The van der Waals surface area contributed by atoms with Crippen molar-refractivity contribution < 1.29 is 14.3 Å². The average Bonchev–Trinajstić information content (AvgIpc) is 3.11. The lowest BCUT2D eigenvalue weighted by Crippen LogP contribution is -2.37. The van der Waals surface area contributed by atoms with Crippen LogP contribution in [0.1, 0.15) is 21.6 Å². The number of carbonyl (C=O) groups excluding carboxylic acids is 1. The first-order valence-corrected chi connectivity index (χ1v) is 9.95. The lowest BCUT2D eigenvalue weighted by molar-refractivity contribution is 0.0978. The van der Waals surface area contributed by atoms with Crippen LogP contribution in [0, 0.1) is 13.8 Å². The molecule has 0 N–H and O–H groups in total. The quantitative estimate of drug-likeness (QED) is 0.587. The maximum absolute atomic E-state index is 13.4. The van der Waals surface area contributed by atoms with Crippen molar-refractivity contribution in [2.24, 2.45) is 0 Å². The Labute approximate surface area is 174 Å². The summed E-state index contributed by atoms with van der Waals surface area (Å²) in [5, 5.41) is 0.636. The van der Waals surface area contributed by atoms with Gasteiger partial charge in [0.2, 0.25) is 5.88 Å². The summed E-state index contributed by atoms with van der Waals surface area (Å²) in [6.07, 6.45) is 0. The number of nitrogens with zero attached hydrogens (tertiary/aromatic N) is 5. The lowest BCUT2D eigenvalue weighted by Gasteiger charge is -2.21. The zero-order valence-corrected chi connectivity index (χ0v) is 18.3. The van der Waals surface area contributed by atoms with E-state index in [1.807, 2.05) is 25.9 Å². The van der Waals surface area contributed by atoms with E-state index in [0.29, 0.717) is 18.2 Å². The molecule has 2 heterocycles. The van der Waals surface area contributed by atoms with Gasteiger partial charge in [-0.2, -0.15) is 9.97 Å². The fourth-order valence-corrected chi connectivity index (χ4v) is 4.07. The highest BCUT2D eigenvalue weighted by Crippen LogP contribution is 2.32. The normalized spacial score (nSPS) is 11.1. The van der Waals surface area contributed by atoms with E-state index in [4.69, 9.17) is 14.5 Å². The molecule has 0 saturated heterocycles. The minimum Gasteiger partial charge on any atom is -0.481 e. The second-order valence-corrected chi connectivity index (χ2v) is 7.98. The topological polar surface area (TPSA) is 80.7 Å². The van der Waals surface area contributed by atoms with E-state index in [-0.39, 0.29) is 23.5 Å². The number of aromatic nitrogens is 3. The van der Waals surface area contributed by atoms with E-state index in [1.54, 1.807) is 4.90 Å². The Hall–Kier alpha value is -2.78. The molecule has 29 heavy (non-hydrogen) atoms. The summed E-state index contributed by atoms with van der Waals surface area (Å²) in [7, 11) is 6.86. The van der Waals surface area contributed by atoms with Crippen LogP contribution in [-0.2, 0) is 0 Å².